The maximum Gasteiger partial charge on any atom is 0.257 e. The van der Waals surface area contributed by atoms with E-state index in [4.69, 9.17) is 4.74 Å². The topological polar surface area (TPSA) is 34.5 Å². The van der Waals surface area contributed by atoms with Crippen LogP contribution < -0.4 is 0 Å². The molecule has 1 saturated heterocycles. The third-order valence-electron chi connectivity index (χ3n) is 5.33. The van der Waals surface area contributed by atoms with Crippen LogP contribution in [0.4, 0.5) is 0 Å². The number of hydrogen-bond acceptors (Lipinski definition) is 4. The predicted octanol–water partition coefficient (Wildman–Crippen LogP) is 4.75. The molecule has 146 valence electrons. The zero-order valence-corrected chi connectivity index (χ0v) is 17.6. The summed E-state index contributed by atoms with van der Waals surface area (Å²) in [7, 11) is 0. The van der Waals surface area contributed by atoms with Crippen molar-refractivity contribution in [2.75, 3.05) is 25.4 Å². The molecule has 1 fully saturated rings. The van der Waals surface area contributed by atoms with Crippen molar-refractivity contribution in [3.63, 3.8) is 0 Å². The van der Waals surface area contributed by atoms with Gasteiger partial charge in [-0.1, -0.05) is 6.92 Å². The van der Waals surface area contributed by atoms with Crippen molar-refractivity contribution in [2.24, 2.45) is 0 Å². The van der Waals surface area contributed by atoms with E-state index < -0.39 is 0 Å². The van der Waals surface area contributed by atoms with Gasteiger partial charge in [-0.15, -0.1) is 11.3 Å². The van der Waals surface area contributed by atoms with Crippen molar-refractivity contribution in [2.45, 2.75) is 50.9 Å². The highest BCUT2D eigenvalue weighted by molar-refractivity contribution is 7.98. The van der Waals surface area contributed by atoms with E-state index >= 15 is 0 Å². The van der Waals surface area contributed by atoms with Crippen LogP contribution in [0.1, 0.15) is 53.4 Å². The lowest BCUT2D eigenvalue weighted by Gasteiger charge is -2.30. The highest BCUT2D eigenvalue weighted by Crippen LogP contribution is 2.39. The first-order valence-electron chi connectivity index (χ1n) is 10.0. The van der Waals surface area contributed by atoms with Gasteiger partial charge in [-0.25, -0.2) is 0 Å². The molecule has 1 unspecified atom stereocenters. The van der Waals surface area contributed by atoms with E-state index in [2.05, 4.69) is 23.9 Å². The minimum Gasteiger partial charge on any atom is -0.376 e. The molecule has 1 amide bonds. The van der Waals surface area contributed by atoms with Crippen LogP contribution in [0.5, 0.6) is 0 Å². The Kier molecular flexibility index (Phi) is 6.25. The highest BCUT2D eigenvalue weighted by atomic mass is 32.2. The Morgan fingerprint density at radius 2 is 2.19 bits per heavy atom. The van der Waals surface area contributed by atoms with Gasteiger partial charge < -0.3 is 14.2 Å². The summed E-state index contributed by atoms with van der Waals surface area (Å²) in [4.78, 5) is 17.1. The highest BCUT2D eigenvalue weighted by Gasteiger charge is 2.30. The van der Waals surface area contributed by atoms with E-state index in [0.29, 0.717) is 0 Å². The van der Waals surface area contributed by atoms with Gasteiger partial charge in [0.2, 0.25) is 0 Å². The first-order valence-corrected chi connectivity index (χ1v) is 12.0. The summed E-state index contributed by atoms with van der Waals surface area (Å²) < 4.78 is 8.05. The normalized spacial score (nSPS) is 19.7. The number of nitrogens with zero attached hydrogens (tertiary/aromatic N) is 2. The number of fused-ring (bicyclic) bond motifs is 1. The van der Waals surface area contributed by atoms with Crippen LogP contribution in [0.15, 0.2) is 24.5 Å². The van der Waals surface area contributed by atoms with Crippen molar-refractivity contribution in [1.82, 2.24) is 9.47 Å². The molecule has 4 rings (SSSR count). The van der Waals surface area contributed by atoms with Crippen LogP contribution in [0.2, 0.25) is 0 Å². The van der Waals surface area contributed by atoms with E-state index in [-0.39, 0.29) is 12.0 Å². The summed E-state index contributed by atoms with van der Waals surface area (Å²) in [6.07, 6.45) is 9.68. The minimum absolute atomic E-state index is 0.189. The molecule has 2 aliphatic heterocycles. The smallest absolute Gasteiger partial charge is 0.257 e. The molecule has 2 aliphatic rings. The first-order chi connectivity index (χ1) is 13.3. The summed E-state index contributed by atoms with van der Waals surface area (Å²) in [6.45, 7) is 4.49. The quantitative estimate of drug-likeness (QED) is 0.697. The van der Waals surface area contributed by atoms with Gasteiger partial charge in [-0.05, 0) is 55.6 Å². The van der Waals surface area contributed by atoms with Gasteiger partial charge in [-0.2, -0.15) is 11.8 Å². The molecule has 6 heteroatoms. The second-order valence-corrected chi connectivity index (χ2v) is 9.51. The Balaban J connectivity index is 1.66. The van der Waals surface area contributed by atoms with E-state index in [1.165, 1.54) is 16.9 Å². The SMILES string of the molecule is CCCN(CC1CCCCO1)C(=O)c1c(-n2cccc2)sc2c1CCSC2. The first kappa shape index (κ1) is 19.1. The number of thiophene rings is 1. The fourth-order valence-electron chi connectivity index (χ4n) is 3.99. The molecule has 4 heterocycles. The molecule has 0 spiro atoms. The molecule has 0 N–H and O–H groups in total. The lowest BCUT2D eigenvalue weighted by molar-refractivity contribution is -0.00384. The molecule has 0 radical (unpaired) electrons. The van der Waals surface area contributed by atoms with Crippen molar-refractivity contribution in [1.29, 1.82) is 0 Å². The Bertz CT molecular complexity index is 763. The van der Waals surface area contributed by atoms with Crippen LogP contribution in [0, 0.1) is 0 Å². The van der Waals surface area contributed by atoms with Gasteiger partial charge in [0, 0.05) is 42.7 Å². The molecule has 4 nitrogen and oxygen atoms in total. The summed E-state index contributed by atoms with van der Waals surface area (Å²) in [5.41, 5.74) is 2.23. The number of aromatic nitrogens is 1. The van der Waals surface area contributed by atoms with Crippen LogP contribution in [0.25, 0.3) is 5.00 Å². The zero-order valence-electron chi connectivity index (χ0n) is 16.0. The third-order valence-corrected chi connectivity index (χ3v) is 7.75. The number of rotatable bonds is 6. The molecule has 1 atom stereocenters. The molecule has 0 aromatic carbocycles. The van der Waals surface area contributed by atoms with E-state index in [1.807, 2.05) is 28.8 Å². The number of amides is 1. The Morgan fingerprint density at radius 3 is 2.93 bits per heavy atom. The third kappa shape index (κ3) is 4.13. The number of thioether (sulfide) groups is 1. The van der Waals surface area contributed by atoms with E-state index in [9.17, 15) is 4.79 Å². The van der Waals surface area contributed by atoms with Crippen molar-refractivity contribution in [3.05, 3.63) is 40.5 Å². The number of ether oxygens (including phenoxy) is 1. The van der Waals surface area contributed by atoms with Gasteiger partial charge in [-0.3, -0.25) is 4.79 Å². The van der Waals surface area contributed by atoms with E-state index in [0.717, 1.165) is 67.4 Å². The van der Waals surface area contributed by atoms with Crippen LogP contribution in [0.3, 0.4) is 0 Å². The van der Waals surface area contributed by atoms with Gasteiger partial charge in [0.15, 0.2) is 0 Å². The second-order valence-electron chi connectivity index (χ2n) is 7.32. The maximum absolute atomic E-state index is 13.7. The zero-order chi connectivity index (χ0) is 18.6. The van der Waals surface area contributed by atoms with Crippen LogP contribution in [-0.2, 0) is 16.9 Å². The Labute approximate surface area is 169 Å². The summed E-state index contributed by atoms with van der Waals surface area (Å²) in [5, 5.41) is 1.09. The molecular weight excluding hydrogens is 376 g/mol. The molecule has 2 aromatic rings. The fourth-order valence-corrected chi connectivity index (χ4v) is 6.43. The monoisotopic (exact) mass is 404 g/mol. The molecular formula is C21H28N2O2S2. The average molecular weight is 405 g/mol. The minimum atomic E-state index is 0.189. The van der Waals surface area contributed by atoms with E-state index in [1.54, 1.807) is 11.3 Å². The Morgan fingerprint density at radius 1 is 1.33 bits per heavy atom. The van der Waals surface area contributed by atoms with Crippen LogP contribution >= 0.6 is 23.1 Å². The van der Waals surface area contributed by atoms with Crippen molar-refractivity contribution >= 4 is 29.0 Å². The fraction of sp³-hybridized carbons (Fsp3) is 0.571. The van der Waals surface area contributed by atoms with Gasteiger partial charge >= 0.3 is 0 Å². The number of carbonyl (C=O) groups excluding carboxylic acids is 1. The standard InChI is InChI=1S/C21H28N2O2S2/c1-2-9-23(14-16-7-3-6-12-25-16)20(24)19-17-8-13-26-15-18(17)27-21(19)22-10-4-5-11-22/h4-5,10-11,16H,2-3,6-9,12-15H2,1H3. The summed E-state index contributed by atoms with van der Waals surface area (Å²) >= 11 is 3.76. The predicted molar refractivity (Wildman–Crippen MR) is 113 cm³/mol. The lowest BCUT2D eigenvalue weighted by Crippen LogP contribution is -2.40. The molecule has 0 saturated carbocycles. The second kappa shape index (κ2) is 8.84. The lowest BCUT2D eigenvalue weighted by atomic mass is 10.0. The molecule has 0 aliphatic carbocycles. The maximum atomic E-state index is 13.7. The van der Waals surface area contributed by atoms with Crippen LogP contribution in [-0.4, -0.2) is 46.9 Å². The van der Waals surface area contributed by atoms with Crippen molar-refractivity contribution in [3.8, 4) is 5.00 Å². The molecule has 27 heavy (non-hydrogen) atoms. The molecule has 2 aromatic heterocycles. The average Bonchev–Trinajstić information content (AvgIpc) is 3.35. The van der Waals surface area contributed by atoms with Crippen molar-refractivity contribution < 1.29 is 9.53 Å². The van der Waals surface area contributed by atoms with Gasteiger partial charge in [0.25, 0.3) is 5.91 Å². The van der Waals surface area contributed by atoms with Gasteiger partial charge in [0.1, 0.15) is 5.00 Å². The summed E-state index contributed by atoms with van der Waals surface area (Å²) in [6, 6.07) is 4.06. The van der Waals surface area contributed by atoms with Gasteiger partial charge in [0.05, 0.1) is 11.7 Å². The molecule has 0 bridgehead atoms. The number of carbonyl (C=O) groups is 1. The largest absolute Gasteiger partial charge is 0.376 e. The summed E-state index contributed by atoms with van der Waals surface area (Å²) in [5.74, 6) is 2.33. The Hall–Kier alpha value is -1.24. The number of hydrogen-bond donors (Lipinski definition) is 0.